The first-order chi connectivity index (χ1) is 5.84. The van der Waals surface area contributed by atoms with Crippen molar-refractivity contribution in [1.82, 2.24) is 0 Å². The zero-order valence-electron chi connectivity index (χ0n) is 7.22. The second-order valence-corrected chi connectivity index (χ2v) is 2.64. The van der Waals surface area contributed by atoms with Crippen LogP contribution in [-0.2, 0) is 11.3 Å². The molecule has 0 aliphatic rings. The molecule has 0 N–H and O–H groups in total. The van der Waals surface area contributed by atoms with E-state index in [1.54, 1.807) is 12.1 Å². The maximum Gasteiger partial charge on any atom is 0.128 e. The monoisotopic (exact) mass is 168 g/mol. The molecule has 0 aliphatic carbocycles. The van der Waals surface area contributed by atoms with Crippen molar-refractivity contribution in [3.05, 3.63) is 35.6 Å². The maximum absolute atomic E-state index is 12.9. The molecule has 0 atom stereocenters. The van der Waals surface area contributed by atoms with Gasteiger partial charge in [0.2, 0.25) is 0 Å². The Morgan fingerprint density at radius 3 is 2.75 bits per heavy atom. The summed E-state index contributed by atoms with van der Waals surface area (Å²) in [5, 5.41) is 0. The Hall–Kier alpha value is -0.890. The van der Waals surface area contributed by atoms with E-state index >= 15 is 0 Å². The van der Waals surface area contributed by atoms with Gasteiger partial charge in [-0.2, -0.15) is 0 Å². The molecule has 0 spiro atoms. The summed E-state index contributed by atoms with van der Waals surface area (Å²) in [7, 11) is 0. The molecule has 0 bridgehead atoms. The van der Waals surface area contributed by atoms with Gasteiger partial charge in [0.05, 0.1) is 6.61 Å². The number of hydrogen-bond acceptors (Lipinski definition) is 1. The largest absolute Gasteiger partial charge is 0.377 e. The van der Waals surface area contributed by atoms with Crippen LogP contribution in [-0.4, -0.2) is 6.61 Å². The second kappa shape index (κ2) is 4.88. The Morgan fingerprint density at radius 1 is 1.33 bits per heavy atom. The van der Waals surface area contributed by atoms with Crippen LogP contribution in [0.1, 0.15) is 18.9 Å². The Morgan fingerprint density at radius 2 is 2.08 bits per heavy atom. The Balaban J connectivity index is 2.46. The molecule has 1 aromatic rings. The molecule has 0 unspecified atom stereocenters. The standard InChI is InChI=1S/C10H13FO/c1-2-7-12-8-9-5-3-4-6-10(9)11/h3-6H,2,7-8H2,1H3. The molecule has 12 heavy (non-hydrogen) atoms. The average molecular weight is 168 g/mol. The van der Waals surface area contributed by atoms with Crippen molar-refractivity contribution in [2.24, 2.45) is 0 Å². The van der Waals surface area contributed by atoms with Crippen LogP contribution < -0.4 is 0 Å². The molecule has 1 nitrogen and oxygen atoms in total. The fraction of sp³-hybridized carbons (Fsp3) is 0.400. The highest BCUT2D eigenvalue weighted by Gasteiger charge is 1.98. The predicted molar refractivity (Wildman–Crippen MR) is 46.3 cm³/mol. The van der Waals surface area contributed by atoms with Gasteiger partial charge in [0.1, 0.15) is 5.82 Å². The summed E-state index contributed by atoms with van der Waals surface area (Å²) in [6, 6.07) is 6.68. The number of ether oxygens (including phenoxy) is 1. The van der Waals surface area contributed by atoms with Crippen molar-refractivity contribution in [3.8, 4) is 0 Å². The van der Waals surface area contributed by atoms with Crippen molar-refractivity contribution >= 4 is 0 Å². The van der Waals surface area contributed by atoms with E-state index < -0.39 is 0 Å². The first-order valence-corrected chi connectivity index (χ1v) is 4.15. The Kier molecular flexibility index (Phi) is 3.74. The van der Waals surface area contributed by atoms with Gasteiger partial charge >= 0.3 is 0 Å². The average Bonchev–Trinajstić information content (AvgIpc) is 2.09. The summed E-state index contributed by atoms with van der Waals surface area (Å²) in [6.07, 6.45) is 0.967. The SMILES string of the molecule is CCCOCc1ccccc1F. The van der Waals surface area contributed by atoms with Gasteiger partial charge in [-0.1, -0.05) is 25.1 Å². The molecule has 2 heteroatoms. The van der Waals surface area contributed by atoms with Crippen LogP contribution in [0.4, 0.5) is 4.39 Å². The molecule has 0 fully saturated rings. The first kappa shape index (κ1) is 9.20. The summed E-state index contributed by atoms with van der Waals surface area (Å²) in [4.78, 5) is 0. The third-order valence-electron chi connectivity index (χ3n) is 1.56. The first-order valence-electron chi connectivity index (χ1n) is 4.15. The molecule has 66 valence electrons. The summed E-state index contributed by atoms with van der Waals surface area (Å²) >= 11 is 0. The molecule has 0 aliphatic heterocycles. The second-order valence-electron chi connectivity index (χ2n) is 2.64. The van der Waals surface area contributed by atoms with E-state index in [-0.39, 0.29) is 5.82 Å². The lowest BCUT2D eigenvalue weighted by atomic mass is 10.2. The summed E-state index contributed by atoms with van der Waals surface area (Å²) in [5.41, 5.74) is 0.631. The normalized spacial score (nSPS) is 10.2. The van der Waals surface area contributed by atoms with Crippen molar-refractivity contribution in [2.75, 3.05) is 6.61 Å². The maximum atomic E-state index is 12.9. The highest BCUT2D eigenvalue weighted by molar-refractivity contribution is 5.16. The van der Waals surface area contributed by atoms with E-state index in [1.807, 2.05) is 13.0 Å². The summed E-state index contributed by atoms with van der Waals surface area (Å²) in [6.45, 7) is 3.09. The minimum absolute atomic E-state index is 0.186. The van der Waals surface area contributed by atoms with Crippen LogP contribution in [0.3, 0.4) is 0 Å². The molecule has 0 radical (unpaired) electrons. The van der Waals surface area contributed by atoms with E-state index in [1.165, 1.54) is 6.07 Å². The zero-order valence-corrected chi connectivity index (χ0v) is 7.22. The molecule has 0 saturated carbocycles. The van der Waals surface area contributed by atoms with Crippen molar-refractivity contribution < 1.29 is 9.13 Å². The van der Waals surface area contributed by atoms with Gasteiger partial charge in [-0.25, -0.2) is 4.39 Å². The summed E-state index contributed by atoms with van der Waals surface area (Å²) in [5.74, 6) is -0.186. The van der Waals surface area contributed by atoms with Gasteiger partial charge < -0.3 is 4.74 Å². The van der Waals surface area contributed by atoms with E-state index in [0.29, 0.717) is 18.8 Å². The zero-order chi connectivity index (χ0) is 8.81. The lowest BCUT2D eigenvalue weighted by molar-refractivity contribution is 0.119. The molecular weight excluding hydrogens is 155 g/mol. The molecule has 0 heterocycles. The van der Waals surface area contributed by atoms with E-state index in [2.05, 4.69) is 0 Å². The van der Waals surface area contributed by atoms with Crippen LogP contribution in [0, 0.1) is 5.82 Å². The molecule has 1 aromatic carbocycles. The minimum atomic E-state index is -0.186. The van der Waals surface area contributed by atoms with Crippen LogP contribution >= 0.6 is 0 Å². The van der Waals surface area contributed by atoms with Crippen LogP contribution in [0.5, 0.6) is 0 Å². The Labute approximate surface area is 72.2 Å². The lowest BCUT2D eigenvalue weighted by Crippen LogP contribution is -1.96. The minimum Gasteiger partial charge on any atom is -0.377 e. The van der Waals surface area contributed by atoms with Gasteiger partial charge in [0.25, 0.3) is 0 Å². The highest BCUT2D eigenvalue weighted by atomic mass is 19.1. The fourth-order valence-electron chi connectivity index (χ4n) is 0.942. The summed E-state index contributed by atoms with van der Waals surface area (Å²) < 4.78 is 18.1. The van der Waals surface area contributed by atoms with Crippen LogP contribution in [0.15, 0.2) is 24.3 Å². The quantitative estimate of drug-likeness (QED) is 0.628. The number of benzene rings is 1. The van der Waals surface area contributed by atoms with Gasteiger partial charge in [0, 0.05) is 12.2 Å². The third-order valence-corrected chi connectivity index (χ3v) is 1.56. The molecular formula is C10H13FO. The molecule has 0 amide bonds. The fourth-order valence-corrected chi connectivity index (χ4v) is 0.942. The van der Waals surface area contributed by atoms with Gasteiger partial charge in [-0.15, -0.1) is 0 Å². The topological polar surface area (TPSA) is 9.23 Å². The number of halogens is 1. The third kappa shape index (κ3) is 2.62. The lowest BCUT2D eigenvalue weighted by Gasteiger charge is -2.02. The molecule has 1 rings (SSSR count). The molecule has 0 saturated heterocycles. The van der Waals surface area contributed by atoms with Crippen molar-refractivity contribution in [3.63, 3.8) is 0 Å². The van der Waals surface area contributed by atoms with E-state index in [4.69, 9.17) is 4.74 Å². The number of rotatable bonds is 4. The van der Waals surface area contributed by atoms with E-state index in [0.717, 1.165) is 6.42 Å². The van der Waals surface area contributed by atoms with Gasteiger partial charge in [0.15, 0.2) is 0 Å². The number of hydrogen-bond donors (Lipinski definition) is 0. The van der Waals surface area contributed by atoms with Crippen molar-refractivity contribution in [1.29, 1.82) is 0 Å². The Bertz CT molecular complexity index is 235. The van der Waals surface area contributed by atoms with Crippen LogP contribution in [0.25, 0.3) is 0 Å². The van der Waals surface area contributed by atoms with Crippen molar-refractivity contribution in [2.45, 2.75) is 20.0 Å². The van der Waals surface area contributed by atoms with Gasteiger partial charge in [-0.3, -0.25) is 0 Å². The predicted octanol–water partition coefficient (Wildman–Crippen LogP) is 2.75. The van der Waals surface area contributed by atoms with Crippen LogP contribution in [0.2, 0.25) is 0 Å². The van der Waals surface area contributed by atoms with Gasteiger partial charge in [-0.05, 0) is 12.5 Å². The van der Waals surface area contributed by atoms with E-state index in [9.17, 15) is 4.39 Å². The molecule has 0 aromatic heterocycles. The highest BCUT2D eigenvalue weighted by Crippen LogP contribution is 2.07. The smallest absolute Gasteiger partial charge is 0.128 e.